The number of carboxylic acid groups (broad SMARTS) is 1. The molecular formula is C20H27NO3. The van der Waals surface area contributed by atoms with Crippen molar-refractivity contribution in [1.29, 1.82) is 0 Å². The molecular weight excluding hydrogens is 302 g/mol. The SMILES string of the molecule is CC(=O)c1c(C)cc(C)c(CN2C[C@@H]3CCC[C@@]3(C(=O)O)C2)c1C. The van der Waals surface area contributed by atoms with Crippen molar-refractivity contribution in [2.24, 2.45) is 11.3 Å². The van der Waals surface area contributed by atoms with E-state index in [0.29, 0.717) is 6.54 Å². The van der Waals surface area contributed by atoms with Gasteiger partial charge in [0.2, 0.25) is 0 Å². The number of benzene rings is 1. The molecule has 1 N–H and O–H groups in total. The number of fused-ring (bicyclic) bond motifs is 1. The summed E-state index contributed by atoms with van der Waals surface area (Å²) >= 11 is 0. The maximum absolute atomic E-state index is 12.0. The van der Waals surface area contributed by atoms with Crippen LogP contribution in [-0.2, 0) is 11.3 Å². The molecule has 1 heterocycles. The molecule has 3 rings (SSSR count). The summed E-state index contributed by atoms with van der Waals surface area (Å²) < 4.78 is 0. The summed E-state index contributed by atoms with van der Waals surface area (Å²) in [6.45, 7) is 9.95. The highest BCUT2D eigenvalue weighted by molar-refractivity contribution is 5.97. The second-order valence-corrected chi connectivity index (χ2v) is 7.77. The first-order chi connectivity index (χ1) is 11.3. The number of ketones is 1. The number of aryl methyl sites for hydroxylation is 2. The first-order valence-electron chi connectivity index (χ1n) is 8.82. The monoisotopic (exact) mass is 329 g/mol. The molecule has 2 atom stereocenters. The van der Waals surface area contributed by atoms with Gasteiger partial charge in [-0.3, -0.25) is 14.5 Å². The van der Waals surface area contributed by atoms with Gasteiger partial charge in [0.1, 0.15) is 0 Å². The second kappa shape index (κ2) is 5.99. The van der Waals surface area contributed by atoms with Crippen molar-refractivity contribution in [3.63, 3.8) is 0 Å². The van der Waals surface area contributed by atoms with E-state index in [1.54, 1.807) is 6.92 Å². The molecule has 4 nitrogen and oxygen atoms in total. The predicted molar refractivity (Wildman–Crippen MR) is 93.3 cm³/mol. The molecule has 1 aromatic carbocycles. The van der Waals surface area contributed by atoms with Crippen LogP contribution < -0.4 is 0 Å². The van der Waals surface area contributed by atoms with Gasteiger partial charge in [-0.25, -0.2) is 0 Å². The summed E-state index contributed by atoms with van der Waals surface area (Å²) in [7, 11) is 0. The van der Waals surface area contributed by atoms with Gasteiger partial charge in [-0.05, 0) is 68.7 Å². The van der Waals surface area contributed by atoms with Gasteiger partial charge in [0.25, 0.3) is 0 Å². The Morgan fingerprint density at radius 2 is 2.00 bits per heavy atom. The van der Waals surface area contributed by atoms with E-state index in [1.165, 1.54) is 11.1 Å². The Kier molecular flexibility index (Phi) is 4.28. The smallest absolute Gasteiger partial charge is 0.311 e. The minimum atomic E-state index is -0.630. The Morgan fingerprint density at radius 1 is 1.29 bits per heavy atom. The fourth-order valence-electron chi connectivity index (χ4n) is 5.10. The van der Waals surface area contributed by atoms with Crippen LogP contribution in [0.5, 0.6) is 0 Å². The lowest BCUT2D eigenvalue weighted by molar-refractivity contribution is -0.149. The largest absolute Gasteiger partial charge is 0.481 e. The highest BCUT2D eigenvalue weighted by Gasteiger charge is 2.54. The summed E-state index contributed by atoms with van der Waals surface area (Å²) in [5, 5.41) is 9.75. The fourth-order valence-corrected chi connectivity index (χ4v) is 5.10. The van der Waals surface area contributed by atoms with E-state index in [9.17, 15) is 14.7 Å². The number of carboxylic acids is 1. The van der Waals surface area contributed by atoms with Crippen molar-refractivity contribution in [3.05, 3.63) is 33.9 Å². The molecule has 0 amide bonds. The number of hydrogen-bond acceptors (Lipinski definition) is 3. The van der Waals surface area contributed by atoms with Gasteiger partial charge in [0.15, 0.2) is 5.78 Å². The minimum Gasteiger partial charge on any atom is -0.481 e. The molecule has 24 heavy (non-hydrogen) atoms. The van der Waals surface area contributed by atoms with Crippen LogP contribution in [0.15, 0.2) is 6.07 Å². The molecule has 2 fully saturated rings. The van der Waals surface area contributed by atoms with Crippen LogP contribution in [0.2, 0.25) is 0 Å². The zero-order chi connectivity index (χ0) is 17.6. The normalized spacial score (nSPS) is 26.6. The van der Waals surface area contributed by atoms with Crippen molar-refractivity contribution < 1.29 is 14.7 Å². The van der Waals surface area contributed by atoms with Gasteiger partial charge in [-0.2, -0.15) is 0 Å². The average Bonchev–Trinajstić information content (AvgIpc) is 3.00. The van der Waals surface area contributed by atoms with Crippen LogP contribution in [0.4, 0.5) is 0 Å². The number of nitrogens with zero attached hydrogens (tertiary/aromatic N) is 1. The summed E-state index contributed by atoms with van der Waals surface area (Å²) in [6.07, 6.45) is 2.85. The van der Waals surface area contributed by atoms with E-state index >= 15 is 0 Å². The van der Waals surface area contributed by atoms with E-state index in [0.717, 1.165) is 49.0 Å². The lowest BCUT2D eigenvalue weighted by Crippen LogP contribution is -2.35. The average molecular weight is 329 g/mol. The zero-order valence-corrected chi connectivity index (χ0v) is 15.1. The van der Waals surface area contributed by atoms with Crippen molar-refractivity contribution in [1.82, 2.24) is 4.90 Å². The zero-order valence-electron chi connectivity index (χ0n) is 15.1. The summed E-state index contributed by atoms with van der Waals surface area (Å²) in [6, 6.07) is 2.09. The number of carbonyl (C=O) groups is 2. The second-order valence-electron chi connectivity index (χ2n) is 7.77. The minimum absolute atomic E-state index is 0.103. The Balaban J connectivity index is 1.89. The van der Waals surface area contributed by atoms with Crippen LogP contribution in [-0.4, -0.2) is 34.8 Å². The first kappa shape index (κ1) is 17.2. The van der Waals surface area contributed by atoms with Crippen molar-refractivity contribution in [2.75, 3.05) is 13.1 Å². The quantitative estimate of drug-likeness (QED) is 0.859. The molecule has 1 saturated heterocycles. The van der Waals surface area contributed by atoms with E-state index in [2.05, 4.69) is 17.9 Å². The standard InChI is InChI=1S/C20H27NO3/c1-12-8-13(2)18(15(4)22)14(3)17(12)10-21-9-16-6-5-7-20(16,11-21)19(23)24/h8,16H,5-7,9-11H2,1-4H3,(H,23,24)/t16-,20+/m0/s1. The number of hydrogen-bond donors (Lipinski definition) is 1. The van der Waals surface area contributed by atoms with Gasteiger partial charge >= 0.3 is 5.97 Å². The van der Waals surface area contributed by atoms with Gasteiger partial charge in [0.05, 0.1) is 5.41 Å². The van der Waals surface area contributed by atoms with Crippen molar-refractivity contribution >= 4 is 11.8 Å². The van der Waals surface area contributed by atoms with Gasteiger partial charge in [0, 0.05) is 25.2 Å². The number of aliphatic carboxylic acids is 1. The molecule has 1 aliphatic heterocycles. The molecule has 130 valence electrons. The molecule has 1 aliphatic carbocycles. The maximum atomic E-state index is 12.0. The van der Waals surface area contributed by atoms with Crippen LogP contribution in [0.25, 0.3) is 0 Å². The number of carbonyl (C=O) groups excluding carboxylic acids is 1. The van der Waals surface area contributed by atoms with E-state index in [4.69, 9.17) is 0 Å². The summed E-state index contributed by atoms with van der Waals surface area (Å²) in [5.74, 6) is -0.255. The Hall–Kier alpha value is -1.68. The maximum Gasteiger partial charge on any atom is 0.311 e. The number of Topliss-reactive ketones (excluding diaryl/α,β-unsaturated/α-hetero) is 1. The van der Waals surface area contributed by atoms with Gasteiger partial charge in [-0.1, -0.05) is 12.5 Å². The van der Waals surface area contributed by atoms with Crippen molar-refractivity contribution in [3.8, 4) is 0 Å². The Bertz CT molecular complexity index is 709. The number of rotatable bonds is 4. The lowest BCUT2D eigenvalue weighted by Gasteiger charge is -2.25. The fraction of sp³-hybridized carbons (Fsp3) is 0.600. The highest BCUT2D eigenvalue weighted by Crippen LogP contribution is 2.49. The molecule has 0 bridgehead atoms. The molecule has 0 unspecified atom stereocenters. The Morgan fingerprint density at radius 3 is 2.58 bits per heavy atom. The van der Waals surface area contributed by atoms with Crippen LogP contribution in [0, 0.1) is 32.1 Å². The molecule has 4 heteroatoms. The van der Waals surface area contributed by atoms with E-state index < -0.39 is 11.4 Å². The molecule has 0 spiro atoms. The summed E-state index contributed by atoms with van der Waals surface area (Å²) in [4.78, 5) is 26.1. The highest BCUT2D eigenvalue weighted by atomic mass is 16.4. The van der Waals surface area contributed by atoms with Gasteiger partial charge in [-0.15, -0.1) is 0 Å². The summed E-state index contributed by atoms with van der Waals surface area (Å²) in [5.41, 5.74) is 4.74. The third-order valence-corrected chi connectivity index (χ3v) is 6.23. The van der Waals surface area contributed by atoms with Crippen molar-refractivity contribution in [2.45, 2.75) is 53.5 Å². The van der Waals surface area contributed by atoms with Crippen LogP contribution in [0.3, 0.4) is 0 Å². The van der Waals surface area contributed by atoms with E-state index in [1.807, 2.05) is 13.8 Å². The molecule has 1 saturated carbocycles. The lowest BCUT2D eigenvalue weighted by atomic mass is 9.81. The third-order valence-electron chi connectivity index (χ3n) is 6.23. The molecule has 1 aromatic rings. The topological polar surface area (TPSA) is 57.6 Å². The number of likely N-dealkylation sites (tertiary alicyclic amines) is 1. The third kappa shape index (κ3) is 2.57. The predicted octanol–water partition coefficient (Wildman–Crippen LogP) is 3.50. The molecule has 0 aromatic heterocycles. The first-order valence-corrected chi connectivity index (χ1v) is 8.82. The van der Waals surface area contributed by atoms with Crippen LogP contribution >= 0.6 is 0 Å². The molecule has 2 aliphatic rings. The van der Waals surface area contributed by atoms with E-state index in [-0.39, 0.29) is 11.7 Å². The Labute approximate surface area is 143 Å². The van der Waals surface area contributed by atoms with Gasteiger partial charge < -0.3 is 5.11 Å². The molecule has 0 radical (unpaired) electrons. The van der Waals surface area contributed by atoms with Crippen LogP contribution in [0.1, 0.15) is 58.8 Å².